The lowest BCUT2D eigenvalue weighted by Crippen LogP contribution is -2.26. The average molecular weight is 442 g/mol. The summed E-state index contributed by atoms with van der Waals surface area (Å²) in [5, 5.41) is 0.545. The fraction of sp³-hybridized carbons (Fsp3) is 0.308. The van der Waals surface area contributed by atoms with Crippen molar-refractivity contribution < 1.29 is 4.74 Å². The zero-order valence-electron chi connectivity index (χ0n) is 19.4. The van der Waals surface area contributed by atoms with Crippen LogP contribution in [-0.2, 0) is 13.0 Å². The molecular weight excluding hydrogens is 414 g/mol. The van der Waals surface area contributed by atoms with E-state index in [-0.39, 0.29) is 11.6 Å². The standard InChI is InChI=1S/C26H27N5O2/c1-5-16(2)31-17(3)27-24-22(26(31)32)23-25(29-21-9-7-6-8-20(21)28-23)30(24)15-14-18-10-12-19(33-4)13-11-18/h6-13,16H,5,14-15H2,1-4H3/t16-/m1/s1. The Morgan fingerprint density at radius 3 is 2.33 bits per heavy atom. The van der Waals surface area contributed by atoms with Gasteiger partial charge in [-0.2, -0.15) is 0 Å². The topological polar surface area (TPSA) is 74.8 Å². The lowest BCUT2D eigenvalue weighted by Gasteiger charge is -2.16. The second-order valence-corrected chi connectivity index (χ2v) is 8.42. The van der Waals surface area contributed by atoms with Gasteiger partial charge in [0, 0.05) is 12.6 Å². The van der Waals surface area contributed by atoms with Crippen LogP contribution in [0.15, 0.2) is 53.3 Å². The Hall–Kier alpha value is -3.74. The van der Waals surface area contributed by atoms with Gasteiger partial charge in [0.2, 0.25) is 0 Å². The molecule has 7 heteroatoms. The molecule has 0 unspecified atom stereocenters. The van der Waals surface area contributed by atoms with Crippen LogP contribution >= 0.6 is 0 Å². The van der Waals surface area contributed by atoms with Crippen molar-refractivity contribution in [2.75, 3.05) is 7.11 Å². The summed E-state index contributed by atoms with van der Waals surface area (Å²) in [6.07, 6.45) is 1.62. The maximum atomic E-state index is 13.7. The molecule has 33 heavy (non-hydrogen) atoms. The molecular formula is C26H27N5O2. The molecule has 0 amide bonds. The van der Waals surface area contributed by atoms with Crippen molar-refractivity contribution in [3.63, 3.8) is 0 Å². The van der Waals surface area contributed by atoms with Gasteiger partial charge in [-0.3, -0.25) is 9.36 Å². The van der Waals surface area contributed by atoms with Crippen molar-refractivity contribution in [2.45, 2.75) is 46.2 Å². The molecule has 0 fully saturated rings. The quantitative estimate of drug-likeness (QED) is 0.377. The number of para-hydroxylation sites is 2. The molecule has 1 atom stereocenters. The van der Waals surface area contributed by atoms with Crippen molar-refractivity contribution in [1.29, 1.82) is 0 Å². The Morgan fingerprint density at radius 2 is 1.67 bits per heavy atom. The first-order valence-corrected chi connectivity index (χ1v) is 11.3. The monoisotopic (exact) mass is 441 g/mol. The highest BCUT2D eigenvalue weighted by atomic mass is 16.5. The number of ether oxygens (including phenoxy) is 1. The Kier molecular flexibility index (Phi) is 5.32. The maximum absolute atomic E-state index is 13.7. The summed E-state index contributed by atoms with van der Waals surface area (Å²) >= 11 is 0. The minimum absolute atomic E-state index is 0.0513. The summed E-state index contributed by atoms with van der Waals surface area (Å²) in [7, 11) is 1.66. The molecule has 0 spiro atoms. The van der Waals surface area contributed by atoms with E-state index in [1.807, 2.05) is 54.8 Å². The van der Waals surface area contributed by atoms with Crippen molar-refractivity contribution >= 4 is 33.2 Å². The molecule has 5 aromatic rings. The first kappa shape index (κ1) is 21.1. The molecule has 0 N–H and O–H groups in total. The van der Waals surface area contributed by atoms with Crippen molar-refractivity contribution in [3.05, 3.63) is 70.3 Å². The van der Waals surface area contributed by atoms with E-state index < -0.39 is 0 Å². The third-order valence-corrected chi connectivity index (χ3v) is 6.39. The van der Waals surface area contributed by atoms with E-state index in [0.29, 0.717) is 34.6 Å². The lowest BCUT2D eigenvalue weighted by molar-refractivity contribution is 0.414. The van der Waals surface area contributed by atoms with E-state index >= 15 is 0 Å². The summed E-state index contributed by atoms with van der Waals surface area (Å²) in [5.74, 6) is 1.54. The van der Waals surface area contributed by atoms with Gasteiger partial charge in [-0.25, -0.2) is 15.0 Å². The Morgan fingerprint density at radius 1 is 0.970 bits per heavy atom. The number of benzene rings is 2. The molecule has 0 aliphatic carbocycles. The highest BCUT2D eigenvalue weighted by molar-refractivity contribution is 6.04. The Labute approximate surface area is 191 Å². The van der Waals surface area contributed by atoms with Crippen molar-refractivity contribution in [2.24, 2.45) is 0 Å². The van der Waals surface area contributed by atoms with Crippen LogP contribution in [-0.4, -0.2) is 31.2 Å². The normalized spacial score (nSPS) is 12.6. The van der Waals surface area contributed by atoms with Crippen LogP contribution in [0.25, 0.3) is 33.2 Å². The second kappa shape index (κ2) is 8.31. The molecule has 2 aromatic carbocycles. The largest absolute Gasteiger partial charge is 0.497 e. The smallest absolute Gasteiger partial charge is 0.265 e. The molecule has 0 radical (unpaired) electrons. The molecule has 3 aromatic heterocycles. The van der Waals surface area contributed by atoms with Crippen LogP contribution in [0.4, 0.5) is 0 Å². The van der Waals surface area contributed by atoms with E-state index in [1.54, 1.807) is 11.7 Å². The van der Waals surface area contributed by atoms with Gasteiger partial charge in [0.25, 0.3) is 5.56 Å². The SMILES string of the molecule is CC[C@@H](C)n1c(C)nc2c(c1=O)c1nc3ccccc3nc1n2CCc1ccc(OC)cc1. The highest BCUT2D eigenvalue weighted by Gasteiger charge is 2.22. The van der Waals surface area contributed by atoms with E-state index in [4.69, 9.17) is 19.7 Å². The van der Waals surface area contributed by atoms with Crippen molar-refractivity contribution in [3.8, 4) is 5.75 Å². The predicted octanol–water partition coefficient (Wildman–Crippen LogP) is 4.83. The zero-order valence-corrected chi connectivity index (χ0v) is 19.4. The van der Waals surface area contributed by atoms with Gasteiger partial charge < -0.3 is 9.30 Å². The summed E-state index contributed by atoms with van der Waals surface area (Å²) in [5.41, 5.74) is 4.66. The van der Waals surface area contributed by atoms with Crippen LogP contribution in [0.3, 0.4) is 0 Å². The van der Waals surface area contributed by atoms with Gasteiger partial charge in [0.05, 0.1) is 18.1 Å². The summed E-state index contributed by atoms with van der Waals surface area (Å²) in [6, 6.07) is 15.9. The second-order valence-electron chi connectivity index (χ2n) is 8.42. The summed E-state index contributed by atoms with van der Waals surface area (Å²) in [6.45, 7) is 6.66. The molecule has 0 saturated heterocycles. The van der Waals surface area contributed by atoms with Crippen LogP contribution in [0.5, 0.6) is 5.75 Å². The number of hydrogen-bond donors (Lipinski definition) is 0. The number of nitrogens with zero attached hydrogens (tertiary/aromatic N) is 5. The van der Waals surface area contributed by atoms with E-state index in [0.717, 1.165) is 29.6 Å². The Bertz CT molecular complexity index is 1530. The zero-order chi connectivity index (χ0) is 23.1. The molecule has 5 rings (SSSR count). The summed E-state index contributed by atoms with van der Waals surface area (Å²) < 4.78 is 9.10. The molecule has 3 heterocycles. The molecule has 7 nitrogen and oxygen atoms in total. The van der Waals surface area contributed by atoms with Gasteiger partial charge in [-0.1, -0.05) is 31.2 Å². The molecule has 0 aliphatic heterocycles. The number of aryl methyl sites for hydroxylation is 3. The van der Waals surface area contributed by atoms with Gasteiger partial charge in [0.1, 0.15) is 22.5 Å². The third kappa shape index (κ3) is 3.53. The average Bonchev–Trinajstić information content (AvgIpc) is 3.13. The Balaban J connectivity index is 1.74. The predicted molar refractivity (Wildman–Crippen MR) is 131 cm³/mol. The first-order valence-electron chi connectivity index (χ1n) is 11.3. The number of aromatic nitrogens is 5. The minimum Gasteiger partial charge on any atom is -0.497 e. The first-order chi connectivity index (χ1) is 16.0. The van der Waals surface area contributed by atoms with Gasteiger partial charge in [-0.15, -0.1) is 0 Å². The third-order valence-electron chi connectivity index (χ3n) is 6.39. The highest BCUT2D eigenvalue weighted by Crippen LogP contribution is 2.27. The van der Waals surface area contributed by atoms with Crippen LogP contribution in [0.1, 0.15) is 37.7 Å². The number of fused-ring (bicyclic) bond motifs is 4. The molecule has 168 valence electrons. The lowest BCUT2D eigenvalue weighted by atomic mass is 10.1. The molecule has 0 bridgehead atoms. The summed E-state index contributed by atoms with van der Waals surface area (Å²) in [4.78, 5) is 28.4. The van der Waals surface area contributed by atoms with Gasteiger partial charge in [0.15, 0.2) is 11.3 Å². The van der Waals surface area contributed by atoms with Crippen LogP contribution < -0.4 is 10.3 Å². The van der Waals surface area contributed by atoms with Gasteiger partial charge in [-0.05, 0) is 56.5 Å². The fourth-order valence-corrected chi connectivity index (χ4v) is 4.42. The van der Waals surface area contributed by atoms with E-state index in [2.05, 4.69) is 19.1 Å². The fourth-order valence-electron chi connectivity index (χ4n) is 4.42. The molecule has 0 saturated carbocycles. The number of hydrogen-bond acceptors (Lipinski definition) is 5. The number of rotatable bonds is 6. The maximum Gasteiger partial charge on any atom is 0.265 e. The molecule has 0 aliphatic rings. The van der Waals surface area contributed by atoms with E-state index in [1.165, 1.54) is 5.56 Å². The van der Waals surface area contributed by atoms with Crippen LogP contribution in [0, 0.1) is 6.92 Å². The number of methoxy groups -OCH3 is 1. The van der Waals surface area contributed by atoms with Crippen molar-refractivity contribution in [1.82, 2.24) is 24.1 Å². The van der Waals surface area contributed by atoms with Gasteiger partial charge >= 0.3 is 0 Å². The van der Waals surface area contributed by atoms with E-state index in [9.17, 15) is 4.79 Å². The minimum atomic E-state index is -0.0513. The van der Waals surface area contributed by atoms with Crippen LogP contribution in [0.2, 0.25) is 0 Å².